The smallest absolute Gasteiger partial charge is 0.387 e. The van der Waals surface area contributed by atoms with E-state index in [4.69, 9.17) is 0 Å². The minimum Gasteiger partial charge on any atom is -0.387 e. The SMILES string of the molecule is Cc1cc(C(F)(F)F)c(C(O)C(C#N)C(O)c2c(C)cc(C(F)(F)F)cc2C(F)(F)F)c(C(F)(F)F)c1. The van der Waals surface area contributed by atoms with Crippen molar-refractivity contribution in [1.29, 1.82) is 5.26 Å². The van der Waals surface area contributed by atoms with Crippen molar-refractivity contribution in [2.45, 2.75) is 50.8 Å². The zero-order valence-corrected chi connectivity index (χ0v) is 18.4. The van der Waals surface area contributed by atoms with Gasteiger partial charge in [-0.1, -0.05) is 0 Å². The van der Waals surface area contributed by atoms with Gasteiger partial charge >= 0.3 is 24.7 Å². The van der Waals surface area contributed by atoms with Crippen LogP contribution in [0.25, 0.3) is 0 Å². The van der Waals surface area contributed by atoms with Crippen LogP contribution in [0.2, 0.25) is 0 Å². The Kier molecular flexibility index (Phi) is 7.94. The zero-order chi connectivity index (χ0) is 28.9. The van der Waals surface area contributed by atoms with E-state index in [2.05, 4.69) is 0 Å². The Hall–Kier alpha value is -2.99. The molecule has 0 bridgehead atoms. The summed E-state index contributed by atoms with van der Waals surface area (Å²) in [4.78, 5) is 0. The number of hydrogen-bond donors (Lipinski definition) is 2. The molecular formula is C22H15F12NO2. The fourth-order valence-corrected chi connectivity index (χ4v) is 3.85. The van der Waals surface area contributed by atoms with Crippen LogP contribution in [0.15, 0.2) is 24.3 Å². The number of rotatable bonds is 4. The van der Waals surface area contributed by atoms with Crippen molar-refractivity contribution in [3.63, 3.8) is 0 Å². The molecule has 3 nitrogen and oxygen atoms in total. The largest absolute Gasteiger partial charge is 0.416 e. The van der Waals surface area contributed by atoms with Crippen LogP contribution in [0.4, 0.5) is 52.7 Å². The maximum Gasteiger partial charge on any atom is 0.416 e. The summed E-state index contributed by atoms with van der Waals surface area (Å²) in [6, 6.07) is 1.10. The molecule has 2 N–H and O–H groups in total. The molecule has 15 heteroatoms. The van der Waals surface area contributed by atoms with Gasteiger partial charge in [0.2, 0.25) is 0 Å². The number of aryl methyl sites for hydroxylation is 2. The van der Waals surface area contributed by atoms with E-state index in [0.29, 0.717) is 6.92 Å². The number of alkyl halides is 12. The van der Waals surface area contributed by atoms with Crippen LogP contribution in [-0.4, -0.2) is 10.2 Å². The van der Waals surface area contributed by atoms with E-state index in [0.717, 1.165) is 13.0 Å². The van der Waals surface area contributed by atoms with Crippen LogP contribution in [0.3, 0.4) is 0 Å². The van der Waals surface area contributed by atoms with Crippen molar-refractivity contribution in [3.8, 4) is 6.07 Å². The highest BCUT2D eigenvalue weighted by molar-refractivity contribution is 5.47. The molecule has 2 rings (SSSR count). The van der Waals surface area contributed by atoms with Crippen LogP contribution < -0.4 is 0 Å². The first-order valence-electron chi connectivity index (χ1n) is 9.85. The highest BCUT2D eigenvalue weighted by Crippen LogP contribution is 2.48. The maximum absolute atomic E-state index is 13.6. The maximum atomic E-state index is 13.6. The third kappa shape index (κ3) is 6.30. The van der Waals surface area contributed by atoms with E-state index < -0.39 is 93.4 Å². The predicted octanol–water partition coefficient (Wildman–Crippen LogP) is 7.29. The molecule has 0 aliphatic carbocycles. The van der Waals surface area contributed by atoms with Crippen molar-refractivity contribution < 1.29 is 62.9 Å². The standard InChI is InChI=1S/C22H15F12NO2/c1-8-3-12(20(26,27)28)16(13(4-8)21(29,30)31)18(37)11(7-35)17(36)15-9(2)5-10(19(23,24)25)6-14(15)22(32,33)34/h3-6,11,17-18,36-37H,1-2H3. The van der Waals surface area contributed by atoms with Crippen LogP contribution in [0.5, 0.6) is 0 Å². The third-order valence-electron chi connectivity index (χ3n) is 5.38. The van der Waals surface area contributed by atoms with E-state index in [1.54, 1.807) is 0 Å². The lowest BCUT2D eigenvalue weighted by atomic mass is 9.81. The summed E-state index contributed by atoms with van der Waals surface area (Å²) < 4.78 is 162. The Balaban J connectivity index is 2.85. The van der Waals surface area contributed by atoms with Gasteiger partial charge < -0.3 is 10.2 Å². The molecule has 3 unspecified atom stereocenters. The molecule has 2 aromatic carbocycles. The van der Waals surface area contributed by atoms with E-state index in [1.807, 2.05) is 0 Å². The summed E-state index contributed by atoms with van der Waals surface area (Å²) in [6.07, 6.45) is -28.1. The first-order chi connectivity index (χ1) is 16.5. The second-order valence-electron chi connectivity index (χ2n) is 8.06. The molecule has 0 aliphatic rings. The number of nitriles is 1. The fraction of sp³-hybridized carbons (Fsp3) is 0.409. The van der Waals surface area contributed by atoms with E-state index >= 15 is 0 Å². The Bertz CT molecular complexity index is 1170. The van der Waals surface area contributed by atoms with Crippen molar-refractivity contribution in [2.75, 3.05) is 0 Å². The van der Waals surface area contributed by atoms with Crippen LogP contribution in [0, 0.1) is 31.1 Å². The fourth-order valence-electron chi connectivity index (χ4n) is 3.85. The Morgan fingerprint density at radius 3 is 1.35 bits per heavy atom. The lowest BCUT2D eigenvalue weighted by Gasteiger charge is -2.30. The summed E-state index contributed by atoms with van der Waals surface area (Å²) in [6.45, 7) is 1.51. The first kappa shape index (κ1) is 30.2. The number of benzene rings is 2. The molecule has 0 saturated heterocycles. The summed E-state index contributed by atoms with van der Waals surface area (Å²) in [5, 5.41) is 30.5. The van der Waals surface area contributed by atoms with Gasteiger partial charge in [-0.05, 0) is 54.8 Å². The van der Waals surface area contributed by atoms with E-state index in [1.165, 1.54) is 0 Å². The van der Waals surface area contributed by atoms with Gasteiger partial charge in [0.25, 0.3) is 0 Å². The average molecular weight is 553 g/mol. The summed E-state index contributed by atoms with van der Waals surface area (Å²) in [5.74, 6) is -2.80. The normalized spacial score (nSPS) is 15.8. The van der Waals surface area contributed by atoms with Crippen molar-refractivity contribution in [2.24, 2.45) is 5.92 Å². The molecule has 2 aromatic rings. The van der Waals surface area contributed by atoms with Crippen molar-refractivity contribution >= 4 is 0 Å². The highest BCUT2D eigenvalue weighted by Gasteiger charge is 2.47. The lowest BCUT2D eigenvalue weighted by Crippen LogP contribution is -2.28. The second-order valence-corrected chi connectivity index (χ2v) is 8.06. The summed E-state index contributed by atoms with van der Waals surface area (Å²) in [7, 11) is 0. The van der Waals surface area contributed by atoms with Gasteiger partial charge in [-0.2, -0.15) is 57.9 Å². The lowest BCUT2D eigenvalue weighted by molar-refractivity contribution is -0.147. The minimum absolute atomic E-state index is 0.142. The number of hydrogen-bond acceptors (Lipinski definition) is 3. The molecule has 0 amide bonds. The number of aliphatic hydroxyl groups excluding tert-OH is 2. The molecule has 0 aliphatic heterocycles. The minimum atomic E-state index is -5.61. The number of nitrogens with zero attached hydrogens (tertiary/aromatic N) is 1. The van der Waals surface area contributed by atoms with Gasteiger partial charge in [-0.25, -0.2) is 0 Å². The van der Waals surface area contributed by atoms with E-state index in [9.17, 15) is 68.2 Å². The molecule has 0 saturated carbocycles. The van der Waals surface area contributed by atoms with E-state index in [-0.39, 0.29) is 18.2 Å². The molecular weight excluding hydrogens is 538 g/mol. The third-order valence-corrected chi connectivity index (χ3v) is 5.38. The van der Waals surface area contributed by atoms with Crippen molar-refractivity contribution in [1.82, 2.24) is 0 Å². The molecule has 0 fully saturated rings. The van der Waals surface area contributed by atoms with Gasteiger partial charge in [0.1, 0.15) is 5.92 Å². The van der Waals surface area contributed by atoms with Gasteiger partial charge in [0.05, 0.1) is 40.5 Å². The molecule has 3 atom stereocenters. The Morgan fingerprint density at radius 1 is 0.622 bits per heavy atom. The molecule has 0 radical (unpaired) electrons. The van der Waals surface area contributed by atoms with Crippen LogP contribution in [0.1, 0.15) is 56.7 Å². The highest BCUT2D eigenvalue weighted by atomic mass is 19.4. The topological polar surface area (TPSA) is 64.2 Å². The van der Waals surface area contributed by atoms with Gasteiger partial charge in [0.15, 0.2) is 0 Å². The molecule has 37 heavy (non-hydrogen) atoms. The number of halogens is 12. The van der Waals surface area contributed by atoms with Crippen LogP contribution >= 0.6 is 0 Å². The predicted molar refractivity (Wildman–Crippen MR) is 101 cm³/mol. The molecule has 204 valence electrons. The summed E-state index contributed by atoms with van der Waals surface area (Å²) in [5.41, 5.74) is -13.0. The van der Waals surface area contributed by atoms with Gasteiger partial charge in [-0.15, -0.1) is 0 Å². The quantitative estimate of drug-likeness (QED) is 0.391. The number of aliphatic hydroxyl groups is 2. The second kappa shape index (κ2) is 9.71. The zero-order valence-electron chi connectivity index (χ0n) is 18.4. The first-order valence-corrected chi connectivity index (χ1v) is 9.85. The van der Waals surface area contributed by atoms with Crippen molar-refractivity contribution in [3.05, 3.63) is 68.8 Å². The van der Waals surface area contributed by atoms with Gasteiger partial charge in [0, 0.05) is 5.56 Å². The average Bonchev–Trinajstić information content (AvgIpc) is 2.70. The monoisotopic (exact) mass is 553 g/mol. The summed E-state index contributed by atoms with van der Waals surface area (Å²) >= 11 is 0. The molecule has 0 spiro atoms. The molecule has 0 heterocycles. The van der Waals surface area contributed by atoms with Gasteiger partial charge in [-0.3, -0.25) is 0 Å². The van der Waals surface area contributed by atoms with Crippen LogP contribution in [-0.2, 0) is 24.7 Å². The Labute approximate surface area is 200 Å². The Morgan fingerprint density at radius 2 is 1.00 bits per heavy atom. The molecule has 0 aromatic heterocycles.